The van der Waals surface area contributed by atoms with E-state index in [-0.39, 0.29) is 18.1 Å². The fourth-order valence-corrected chi connectivity index (χ4v) is 2.93. The smallest absolute Gasteiger partial charge is 0.189 e. The van der Waals surface area contributed by atoms with Crippen LogP contribution in [0, 0.1) is 5.82 Å². The predicted molar refractivity (Wildman–Crippen MR) is 70.5 cm³/mol. The molecule has 0 radical (unpaired) electrons. The molecule has 2 N–H and O–H groups in total. The minimum Gasteiger partial charge on any atom is -0.390 e. The van der Waals surface area contributed by atoms with E-state index in [1.807, 2.05) is 11.6 Å². The first-order valence-corrected chi connectivity index (χ1v) is 6.29. The first-order chi connectivity index (χ1) is 9.15. The molecule has 3 rings (SSSR count). The minimum atomic E-state index is -0.398. The fraction of sp³-hybridized carbons (Fsp3) is 0.357. The zero-order valence-corrected chi connectivity index (χ0v) is 10.6. The van der Waals surface area contributed by atoms with Gasteiger partial charge in [-0.25, -0.2) is 4.39 Å². The zero-order chi connectivity index (χ0) is 13.6. The Morgan fingerprint density at radius 3 is 2.95 bits per heavy atom. The summed E-state index contributed by atoms with van der Waals surface area (Å²) in [7, 11) is 1.82. The van der Waals surface area contributed by atoms with Crippen molar-refractivity contribution in [2.75, 3.05) is 7.05 Å². The third-order valence-electron chi connectivity index (χ3n) is 3.81. The van der Waals surface area contributed by atoms with Gasteiger partial charge in [-0.15, -0.1) is 0 Å². The second-order valence-corrected chi connectivity index (χ2v) is 4.83. The van der Waals surface area contributed by atoms with E-state index < -0.39 is 5.82 Å². The van der Waals surface area contributed by atoms with Gasteiger partial charge in [0.2, 0.25) is 0 Å². The molecule has 0 fully saturated rings. The van der Waals surface area contributed by atoms with Gasteiger partial charge in [-0.1, -0.05) is 0 Å². The number of aromatic nitrogens is 1. The Labute approximate surface area is 109 Å². The molecule has 1 aromatic carbocycles. The molecule has 1 unspecified atom stereocenters. The second kappa shape index (κ2) is 4.43. The number of nitrogens with zero attached hydrogens (tertiary/aromatic N) is 1. The van der Waals surface area contributed by atoms with Crippen LogP contribution in [0.15, 0.2) is 23.0 Å². The van der Waals surface area contributed by atoms with E-state index in [1.54, 1.807) is 0 Å². The summed E-state index contributed by atoms with van der Waals surface area (Å²) in [4.78, 5) is 12.0. The van der Waals surface area contributed by atoms with Crippen LogP contribution in [0.4, 0.5) is 4.39 Å². The summed E-state index contributed by atoms with van der Waals surface area (Å²) < 4.78 is 15.6. The maximum absolute atomic E-state index is 13.7. The molecular weight excluding hydrogens is 247 g/mol. The monoisotopic (exact) mass is 262 g/mol. The molecule has 1 aliphatic heterocycles. The van der Waals surface area contributed by atoms with Gasteiger partial charge in [0.25, 0.3) is 0 Å². The van der Waals surface area contributed by atoms with Gasteiger partial charge in [-0.2, -0.15) is 0 Å². The maximum Gasteiger partial charge on any atom is 0.189 e. The van der Waals surface area contributed by atoms with Gasteiger partial charge in [0.1, 0.15) is 5.82 Å². The van der Waals surface area contributed by atoms with Gasteiger partial charge >= 0.3 is 0 Å². The zero-order valence-electron chi connectivity index (χ0n) is 10.6. The Morgan fingerprint density at radius 2 is 2.26 bits per heavy atom. The summed E-state index contributed by atoms with van der Waals surface area (Å²) in [5.41, 5.74) is 1.87. The highest BCUT2D eigenvalue weighted by atomic mass is 19.1. The van der Waals surface area contributed by atoms with E-state index in [2.05, 4.69) is 5.32 Å². The third kappa shape index (κ3) is 1.77. The lowest BCUT2D eigenvalue weighted by molar-refractivity contribution is 0.268. The molecule has 4 nitrogen and oxygen atoms in total. The van der Waals surface area contributed by atoms with Crippen molar-refractivity contribution in [2.24, 2.45) is 0 Å². The number of aliphatic hydroxyl groups is 1. The van der Waals surface area contributed by atoms with Crippen LogP contribution in [0.2, 0.25) is 0 Å². The van der Waals surface area contributed by atoms with Crippen molar-refractivity contribution >= 4 is 10.9 Å². The minimum absolute atomic E-state index is 0.0338. The van der Waals surface area contributed by atoms with E-state index in [9.17, 15) is 14.3 Å². The van der Waals surface area contributed by atoms with Crippen LogP contribution >= 0.6 is 0 Å². The number of nitrogens with one attached hydrogen (secondary N) is 1. The largest absolute Gasteiger partial charge is 0.390 e. The van der Waals surface area contributed by atoms with Gasteiger partial charge in [-0.3, -0.25) is 4.79 Å². The molecule has 19 heavy (non-hydrogen) atoms. The van der Waals surface area contributed by atoms with E-state index in [4.69, 9.17) is 0 Å². The number of aryl methyl sites for hydroxylation is 1. The van der Waals surface area contributed by atoms with Crippen LogP contribution in [-0.4, -0.2) is 16.7 Å². The first kappa shape index (κ1) is 12.3. The van der Waals surface area contributed by atoms with Crippen molar-refractivity contribution in [3.05, 3.63) is 45.5 Å². The molecule has 0 bridgehead atoms. The van der Waals surface area contributed by atoms with Crippen LogP contribution in [-0.2, 0) is 13.2 Å². The normalized spacial score (nSPS) is 17.9. The SMILES string of the molecule is CNC1CCn2c(CO)cc(=O)c3cc(F)cc1c32. The van der Waals surface area contributed by atoms with Crippen molar-refractivity contribution in [2.45, 2.75) is 25.6 Å². The quantitative estimate of drug-likeness (QED) is 0.857. The van der Waals surface area contributed by atoms with E-state index >= 15 is 0 Å². The summed E-state index contributed by atoms with van der Waals surface area (Å²) in [6.45, 7) is 0.517. The Kier molecular flexibility index (Phi) is 2.88. The van der Waals surface area contributed by atoms with Crippen molar-refractivity contribution < 1.29 is 9.50 Å². The highest BCUT2D eigenvalue weighted by Gasteiger charge is 2.23. The average Bonchev–Trinajstić information content (AvgIpc) is 2.41. The number of rotatable bonds is 2. The average molecular weight is 262 g/mol. The van der Waals surface area contributed by atoms with Crippen molar-refractivity contribution in [1.82, 2.24) is 9.88 Å². The topological polar surface area (TPSA) is 54.3 Å². The molecule has 2 heterocycles. The molecule has 0 saturated carbocycles. The standard InChI is InChI=1S/C14H15FN2O2/c1-16-12-2-3-17-9(7-18)6-13(19)11-5-8(15)4-10(12)14(11)17/h4-6,12,16,18H,2-3,7H2,1H3. The number of pyridine rings is 1. The molecule has 1 atom stereocenters. The highest BCUT2D eigenvalue weighted by molar-refractivity contribution is 5.83. The molecule has 2 aromatic rings. The van der Waals surface area contributed by atoms with Gasteiger partial charge < -0.3 is 15.0 Å². The molecule has 1 aliphatic rings. The van der Waals surface area contributed by atoms with Gasteiger partial charge in [-0.05, 0) is 31.2 Å². The Bertz CT molecular complexity index is 709. The van der Waals surface area contributed by atoms with Crippen LogP contribution in [0.1, 0.15) is 23.7 Å². The second-order valence-electron chi connectivity index (χ2n) is 4.83. The molecule has 5 heteroatoms. The number of hydrogen-bond acceptors (Lipinski definition) is 3. The molecule has 0 amide bonds. The summed E-state index contributed by atoms with van der Waals surface area (Å²) in [6.07, 6.45) is 0.803. The van der Waals surface area contributed by atoms with Gasteiger partial charge in [0.15, 0.2) is 5.43 Å². The van der Waals surface area contributed by atoms with Gasteiger partial charge in [0.05, 0.1) is 12.1 Å². The summed E-state index contributed by atoms with van der Waals surface area (Å²) in [5, 5.41) is 12.9. The Morgan fingerprint density at radius 1 is 1.47 bits per heavy atom. The molecular formula is C14H15FN2O2. The fourth-order valence-electron chi connectivity index (χ4n) is 2.93. The molecule has 0 spiro atoms. The molecule has 0 saturated heterocycles. The summed E-state index contributed by atoms with van der Waals surface area (Å²) in [6, 6.07) is 4.17. The molecule has 100 valence electrons. The van der Waals surface area contributed by atoms with Gasteiger partial charge in [0, 0.05) is 29.7 Å². The Balaban J connectivity index is 2.47. The predicted octanol–water partition coefficient (Wildman–Crippen LogP) is 1.30. The highest BCUT2D eigenvalue weighted by Crippen LogP contribution is 2.31. The lowest BCUT2D eigenvalue weighted by atomic mass is 9.95. The number of benzene rings is 1. The first-order valence-electron chi connectivity index (χ1n) is 6.29. The summed E-state index contributed by atoms with van der Waals surface area (Å²) >= 11 is 0. The van der Waals surface area contributed by atoms with Crippen molar-refractivity contribution in [1.29, 1.82) is 0 Å². The van der Waals surface area contributed by atoms with E-state index in [1.165, 1.54) is 18.2 Å². The van der Waals surface area contributed by atoms with E-state index in [0.29, 0.717) is 17.6 Å². The van der Waals surface area contributed by atoms with Crippen LogP contribution < -0.4 is 10.7 Å². The number of hydrogen-bond donors (Lipinski definition) is 2. The lowest BCUT2D eigenvalue weighted by Crippen LogP contribution is -2.27. The number of aliphatic hydroxyl groups excluding tert-OH is 1. The molecule has 0 aliphatic carbocycles. The summed E-state index contributed by atoms with van der Waals surface area (Å²) in [5.74, 6) is -0.398. The van der Waals surface area contributed by atoms with Crippen LogP contribution in [0.25, 0.3) is 10.9 Å². The lowest BCUT2D eigenvalue weighted by Gasteiger charge is -2.28. The third-order valence-corrected chi connectivity index (χ3v) is 3.81. The van der Waals surface area contributed by atoms with Crippen molar-refractivity contribution in [3.8, 4) is 0 Å². The van der Waals surface area contributed by atoms with Crippen molar-refractivity contribution in [3.63, 3.8) is 0 Å². The Hall–Kier alpha value is -1.72. The number of halogens is 1. The van der Waals surface area contributed by atoms with E-state index in [0.717, 1.165) is 17.5 Å². The van der Waals surface area contributed by atoms with Crippen LogP contribution in [0.3, 0.4) is 0 Å². The molecule has 1 aromatic heterocycles. The maximum atomic E-state index is 13.7. The van der Waals surface area contributed by atoms with Crippen LogP contribution in [0.5, 0.6) is 0 Å².